The summed E-state index contributed by atoms with van der Waals surface area (Å²) in [7, 11) is 6.45. The summed E-state index contributed by atoms with van der Waals surface area (Å²) in [6, 6.07) is 8.16. The second-order valence-corrected chi connectivity index (χ2v) is 7.49. The van der Waals surface area contributed by atoms with Crippen molar-refractivity contribution in [1.29, 1.82) is 0 Å². The predicted octanol–water partition coefficient (Wildman–Crippen LogP) is 2.42. The second-order valence-electron chi connectivity index (χ2n) is 7.49. The monoisotopic (exact) mass is 316 g/mol. The molecule has 23 heavy (non-hydrogen) atoms. The number of nitrogens with zero attached hydrogens (tertiary/aromatic N) is 2. The summed E-state index contributed by atoms with van der Waals surface area (Å²) < 4.78 is 6.02. The molecule has 1 aliphatic carbocycles. The molecule has 2 bridgehead atoms. The Morgan fingerprint density at radius 3 is 2.52 bits per heavy atom. The van der Waals surface area contributed by atoms with E-state index in [2.05, 4.69) is 30.9 Å². The van der Waals surface area contributed by atoms with Crippen LogP contribution in [0.5, 0.6) is 0 Å². The third-order valence-corrected chi connectivity index (χ3v) is 5.48. The lowest BCUT2D eigenvalue weighted by molar-refractivity contribution is -0.0873. The van der Waals surface area contributed by atoms with Crippen LogP contribution in [0.15, 0.2) is 24.3 Å². The molecule has 1 saturated carbocycles. The van der Waals surface area contributed by atoms with E-state index in [-0.39, 0.29) is 12.1 Å². The molecule has 0 amide bonds. The molecular weight excluding hydrogens is 288 g/mol. The minimum Gasteiger partial charge on any atom is -0.458 e. The van der Waals surface area contributed by atoms with Gasteiger partial charge in [0.25, 0.3) is 0 Å². The first-order valence-corrected chi connectivity index (χ1v) is 8.58. The van der Waals surface area contributed by atoms with Gasteiger partial charge >= 0.3 is 5.97 Å². The zero-order valence-electron chi connectivity index (χ0n) is 14.7. The summed E-state index contributed by atoms with van der Waals surface area (Å²) in [6.07, 6.45) is 2.38. The second kappa shape index (κ2) is 6.62. The Kier molecular flexibility index (Phi) is 4.74. The van der Waals surface area contributed by atoms with Crippen molar-refractivity contribution in [2.24, 2.45) is 11.8 Å². The fraction of sp³-hybridized carbons (Fsp3) is 0.632. The first kappa shape index (κ1) is 16.5. The van der Waals surface area contributed by atoms with E-state index >= 15 is 0 Å². The van der Waals surface area contributed by atoms with Gasteiger partial charge in [-0.3, -0.25) is 0 Å². The molecule has 2 aliphatic rings. The molecule has 2 unspecified atom stereocenters. The molecule has 0 N–H and O–H groups in total. The van der Waals surface area contributed by atoms with Crippen LogP contribution in [0.25, 0.3) is 0 Å². The number of ether oxygens (including phenoxy) is 1. The van der Waals surface area contributed by atoms with Crippen molar-refractivity contribution >= 4 is 5.97 Å². The number of fused-ring (bicyclic) bond motifs is 2. The summed E-state index contributed by atoms with van der Waals surface area (Å²) in [5.41, 5.74) is 1.82. The predicted molar refractivity (Wildman–Crippen MR) is 91.6 cm³/mol. The first-order chi connectivity index (χ1) is 11.0. The fourth-order valence-electron chi connectivity index (χ4n) is 4.29. The summed E-state index contributed by atoms with van der Waals surface area (Å²) in [6.45, 7) is 4.06. The quantitative estimate of drug-likeness (QED) is 0.802. The molecule has 1 aromatic carbocycles. The van der Waals surface area contributed by atoms with Crippen molar-refractivity contribution in [3.05, 3.63) is 35.4 Å². The summed E-state index contributed by atoms with van der Waals surface area (Å²) in [5.74, 6) is 0.690. The molecule has 4 nitrogen and oxygen atoms in total. The standard InChI is InChI=1S/C19H28N2O2/c1-13-5-7-14(8-6-13)19(22)23-18-15-9-10-17(20(2)3)16(18)12-21(4)11-15/h5-8,15-18H,9-12H2,1-4H3/t15?,16?,17-,18+/m0/s1. The molecule has 0 spiro atoms. The average molecular weight is 316 g/mol. The third kappa shape index (κ3) is 3.43. The highest BCUT2D eigenvalue weighted by molar-refractivity contribution is 5.89. The molecule has 1 aliphatic heterocycles. The third-order valence-electron chi connectivity index (χ3n) is 5.48. The Hall–Kier alpha value is -1.39. The van der Waals surface area contributed by atoms with Crippen LogP contribution in [0.3, 0.4) is 0 Å². The lowest BCUT2D eigenvalue weighted by Gasteiger charge is -2.50. The molecule has 2 fully saturated rings. The van der Waals surface area contributed by atoms with E-state index in [9.17, 15) is 4.79 Å². The molecule has 3 rings (SSSR count). The number of hydrogen-bond donors (Lipinski definition) is 0. The molecule has 126 valence electrons. The van der Waals surface area contributed by atoms with Crippen LogP contribution in [-0.4, -0.2) is 62.1 Å². The van der Waals surface area contributed by atoms with E-state index in [4.69, 9.17) is 4.74 Å². The maximum atomic E-state index is 12.6. The van der Waals surface area contributed by atoms with Gasteiger partial charge in [-0.25, -0.2) is 4.79 Å². The smallest absolute Gasteiger partial charge is 0.338 e. The molecule has 1 aromatic rings. The Morgan fingerprint density at radius 2 is 1.87 bits per heavy atom. The summed E-state index contributed by atoms with van der Waals surface area (Å²) in [4.78, 5) is 17.3. The Morgan fingerprint density at radius 1 is 1.17 bits per heavy atom. The van der Waals surface area contributed by atoms with Gasteiger partial charge in [0.15, 0.2) is 0 Å². The maximum Gasteiger partial charge on any atom is 0.338 e. The van der Waals surface area contributed by atoms with Gasteiger partial charge in [-0.05, 0) is 53.0 Å². The SMILES string of the molecule is Cc1ccc(C(=O)O[C@@H]2C3CC[C@H](N(C)C)C2CN(C)C3)cc1. The zero-order chi connectivity index (χ0) is 16.6. The number of likely N-dealkylation sites (tertiary alicyclic amines) is 1. The number of carbonyl (C=O) groups is 1. The van der Waals surface area contributed by atoms with Gasteiger partial charge in [-0.1, -0.05) is 17.7 Å². The lowest BCUT2D eigenvalue weighted by Crippen LogP contribution is -2.59. The minimum atomic E-state index is -0.172. The highest BCUT2D eigenvalue weighted by atomic mass is 16.5. The van der Waals surface area contributed by atoms with Gasteiger partial charge in [-0.15, -0.1) is 0 Å². The average Bonchev–Trinajstić information content (AvgIpc) is 2.48. The Bertz CT molecular complexity index is 555. The first-order valence-electron chi connectivity index (χ1n) is 8.58. The largest absolute Gasteiger partial charge is 0.458 e. The van der Waals surface area contributed by atoms with Crippen molar-refractivity contribution in [1.82, 2.24) is 9.80 Å². The van der Waals surface area contributed by atoms with Crippen LogP contribution >= 0.6 is 0 Å². The number of esters is 1. The van der Waals surface area contributed by atoms with Crippen molar-refractivity contribution in [3.8, 4) is 0 Å². The van der Waals surface area contributed by atoms with Crippen LogP contribution < -0.4 is 0 Å². The molecule has 0 radical (unpaired) electrons. The van der Waals surface area contributed by atoms with Crippen molar-refractivity contribution < 1.29 is 9.53 Å². The topological polar surface area (TPSA) is 32.8 Å². The fourth-order valence-corrected chi connectivity index (χ4v) is 4.29. The van der Waals surface area contributed by atoms with E-state index in [1.54, 1.807) is 0 Å². The van der Waals surface area contributed by atoms with Crippen LogP contribution in [-0.2, 0) is 4.74 Å². The number of benzene rings is 1. The van der Waals surface area contributed by atoms with Crippen LogP contribution in [0.1, 0.15) is 28.8 Å². The van der Waals surface area contributed by atoms with E-state index in [0.717, 1.165) is 25.1 Å². The van der Waals surface area contributed by atoms with Crippen molar-refractivity contribution in [2.75, 3.05) is 34.2 Å². The van der Waals surface area contributed by atoms with E-state index in [1.165, 1.54) is 6.42 Å². The van der Waals surface area contributed by atoms with Gasteiger partial charge in [0.05, 0.1) is 5.56 Å². The molecule has 0 aromatic heterocycles. The molecule has 4 atom stereocenters. The minimum absolute atomic E-state index is 0.0427. The Balaban J connectivity index is 1.77. The van der Waals surface area contributed by atoms with Crippen molar-refractivity contribution in [2.45, 2.75) is 31.9 Å². The normalized spacial score (nSPS) is 31.2. The molecular formula is C19H28N2O2. The van der Waals surface area contributed by atoms with E-state index < -0.39 is 0 Å². The summed E-state index contributed by atoms with van der Waals surface area (Å²) >= 11 is 0. The van der Waals surface area contributed by atoms with E-state index in [1.807, 2.05) is 31.2 Å². The van der Waals surface area contributed by atoms with Gasteiger partial charge in [0, 0.05) is 31.0 Å². The molecule has 1 heterocycles. The van der Waals surface area contributed by atoms with Crippen molar-refractivity contribution in [3.63, 3.8) is 0 Å². The van der Waals surface area contributed by atoms with Gasteiger partial charge < -0.3 is 14.5 Å². The maximum absolute atomic E-state index is 12.6. The van der Waals surface area contributed by atoms with Gasteiger partial charge in [0.2, 0.25) is 0 Å². The number of rotatable bonds is 3. The van der Waals surface area contributed by atoms with Crippen LogP contribution in [0, 0.1) is 18.8 Å². The highest BCUT2D eigenvalue weighted by Crippen LogP contribution is 2.38. The van der Waals surface area contributed by atoms with Gasteiger partial charge in [-0.2, -0.15) is 0 Å². The summed E-state index contributed by atoms with van der Waals surface area (Å²) in [5, 5.41) is 0. The number of hydrogen-bond acceptors (Lipinski definition) is 4. The molecule has 1 saturated heterocycles. The lowest BCUT2D eigenvalue weighted by atomic mass is 9.72. The van der Waals surface area contributed by atoms with Crippen LogP contribution in [0.4, 0.5) is 0 Å². The zero-order valence-corrected chi connectivity index (χ0v) is 14.7. The molecule has 4 heteroatoms. The van der Waals surface area contributed by atoms with E-state index in [0.29, 0.717) is 23.4 Å². The number of piperidine rings is 1. The number of aryl methyl sites for hydroxylation is 1. The Labute approximate surface area is 139 Å². The van der Waals surface area contributed by atoms with Crippen LogP contribution in [0.2, 0.25) is 0 Å². The van der Waals surface area contributed by atoms with Gasteiger partial charge in [0.1, 0.15) is 6.10 Å². The highest BCUT2D eigenvalue weighted by Gasteiger charge is 2.46. The number of carbonyl (C=O) groups excluding carboxylic acids is 1.